The Morgan fingerprint density at radius 3 is 2.75 bits per heavy atom. The maximum Gasteiger partial charge on any atom is 0.186 e. The number of halogens is 1. The number of rotatable bonds is 4. The molecule has 0 aliphatic carbocycles. The van der Waals surface area contributed by atoms with Gasteiger partial charge in [-0.15, -0.1) is 0 Å². The summed E-state index contributed by atoms with van der Waals surface area (Å²) in [6.45, 7) is 0.792. The molecule has 1 fully saturated rings. The molecule has 0 radical (unpaired) electrons. The summed E-state index contributed by atoms with van der Waals surface area (Å²) in [6, 6.07) is 9.73. The van der Waals surface area contributed by atoms with E-state index in [0.29, 0.717) is 13.2 Å². The summed E-state index contributed by atoms with van der Waals surface area (Å²) in [6.07, 6.45) is -2.71. The predicted octanol–water partition coefficient (Wildman–Crippen LogP) is 1.65. The summed E-state index contributed by atoms with van der Waals surface area (Å²) in [5.41, 5.74) is 1.07. The van der Waals surface area contributed by atoms with Crippen LogP contribution < -0.4 is 0 Å². The third kappa shape index (κ3) is 3.01. The standard InChI is InChI=1S/C12H15FO3/c13-11-6-10(16-12(11)14)8-15-7-9-4-2-1-3-5-9/h1-5,10-12,14H,6-8H2. The zero-order valence-electron chi connectivity index (χ0n) is 8.88. The van der Waals surface area contributed by atoms with Crippen LogP contribution >= 0.6 is 0 Å². The highest BCUT2D eigenvalue weighted by atomic mass is 19.1. The topological polar surface area (TPSA) is 38.7 Å². The van der Waals surface area contributed by atoms with Crippen LogP contribution in [0.2, 0.25) is 0 Å². The number of benzene rings is 1. The van der Waals surface area contributed by atoms with Crippen molar-refractivity contribution in [2.24, 2.45) is 0 Å². The van der Waals surface area contributed by atoms with Gasteiger partial charge in [-0.25, -0.2) is 4.39 Å². The molecule has 1 heterocycles. The molecule has 88 valence electrons. The average Bonchev–Trinajstić information content (AvgIpc) is 2.60. The first-order chi connectivity index (χ1) is 7.75. The molecule has 1 N–H and O–H groups in total. The molecule has 0 spiro atoms. The van der Waals surface area contributed by atoms with Gasteiger partial charge in [-0.2, -0.15) is 0 Å². The van der Waals surface area contributed by atoms with Gasteiger partial charge in [0.2, 0.25) is 0 Å². The summed E-state index contributed by atoms with van der Waals surface area (Å²) in [7, 11) is 0. The lowest BCUT2D eigenvalue weighted by Gasteiger charge is -2.10. The quantitative estimate of drug-likeness (QED) is 0.848. The van der Waals surface area contributed by atoms with Gasteiger partial charge in [0.25, 0.3) is 0 Å². The van der Waals surface area contributed by atoms with Crippen LogP contribution in [-0.4, -0.2) is 30.3 Å². The van der Waals surface area contributed by atoms with E-state index in [4.69, 9.17) is 14.6 Å². The van der Waals surface area contributed by atoms with Crippen molar-refractivity contribution in [3.63, 3.8) is 0 Å². The molecule has 1 aliphatic heterocycles. The highest BCUT2D eigenvalue weighted by Gasteiger charge is 2.33. The van der Waals surface area contributed by atoms with E-state index in [9.17, 15) is 4.39 Å². The van der Waals surface area contributed by atoms with Crippen molar-refractivity contribution in [2.45, 2.75) is 31.6 Å². The fourth-order valence-corrected chi connectivity index (χ4v) is 1.70. The smallest absolute Gasteiger partial charge is 0.186 e. The minimum absolute atomic E-state index is 0.204. The Kier molecular flexibility index (Phi) is 3.88. The molecule has 1 saturated heterocycles. The molecule has 16 heavy (non-hydrogen) atoms. The van der Waals surface area contributed by atoms with Gasteiger partial charge in [0.1, 0.15) is 0 Å². The zero-order chi connectivity index (χ0) is 11.4. The highest BCUT2D eigenvalue weighted by Crippen LogP contribution is 2.21. The third-order valence-electron chi connectivity index (χ3n) is 2.54. The van der Waals surface area contributed by atoms with Crippen LogP contribution in [0.15, 0.2) is 30.3 Å². The van der Waals surface area contributed by atoms with Gasteiger partial charge in [-0.1, -0.05) is 30.3 Å². The molecule has 4 heteroatoms. The van der Waals surface area contributed by atoms with Crippen molar-refractivity contribution in [3.8, 4) is 0 Å². The lowest BCUT2D eigenvalue weighted by molar-refractivity contribution is -0.126. The second-order valence-electron chi connectivity index (χ2n) is 3.90. The lowest BCUT2D eigenvalue weighted by atomic mass is 10.2. The van der Waals surface area contributed by atoms with Crippen LogP contribution in [0.5, 0.6) is 0 Å². The molecule has 1 aliphatic rings. The first-order valence-electron chi connectivity index (χ1n) is 5.35. The van der Waals surface area contributed by atoms with Gasteiger partial charge in [0.05, 0.1) is 19.3 Å². The fourth-order valence-electron chi connectivity index (χ4n) is 1.70. The van der Waals surface area contributed by atoms with Gasteiger partial charge in [0.15, 0.2) is 12.5 Å². The predicted molar refractivity (Wildman–Crippen MR) is 56.5 cm³/mol. The summed E-state index contributed by atoms with van der Waals surface area (Å²) in [4.78, 5) is 0. The van der Waals surface area contributed by atoms with Crippen LogP contribution in [-0.2, 0) is 16.1 Å². The molecule has 0 bridgehead atoms. The van der Waals surface area contributed by atoms with E-state index in [1.54, 1.807) is 0 Å². The largest absolute Gasteiger partial charge is 0.374 e. The van der Waals surface area contributed by atoms with Crippen LogP contribution in [0.4, 0.5) is 4.39 Å². The van der Waals surface area contributed by atoms with Crippen molar-refractivity contribution in [2.75, 3.05) is 6.61 Å². The third-order valence-corrected chi connectivity index (χ3v) is 2.54. The monoisotopic (exact) mass is 226 g/mol. The van der Waals surface area contributed by atoms with Crippen molar-refractivity contribution in [1.29, 1.82) is 0 Å². The number of ether oxygens (including phenoxy) is 2. The molecule has 0 saturated carbocycles. The van der Waals surface area contributed by atoms with Crippen LogP contribution in [0.25, 0.3) is 0 Å². The molecule has 1 aromatic carbocycles. The molecule has 0 amide bonds. The molecule has 0 aromatic heterocycles. The Hall–Kier alpha value is -0.970. The molecular weight excluding hydrogens is 211 g/mol. The van der Waals surface area contributed by atoms with Crippen LogP contribution in [0.1, 0.15) is 12.0 Å². The van der Waals surface area contributed by atoms with Gasteiger partial charge in [-0.3, -0.25) is 0 Å². The number of aliphatic hydroxyl groups excluding tert-OH is 1. The van der Waals surface area contributed by atoms with Crippen molar-refractivity contribution >= 4 is 0 Å². The van der Waals surface area contributed by atoms with E-state index in [1.165, 1.54) is 0 Å². The number of aliphatic hydroxyl groups is 1. The molecule has 1 aromatic rings. The van der Waals surface area contributed by atoms with Crippen molar-refractivity contribution in [3.05, 3.63) is 35.9 Å². The van der Waals surface area contributed by atoms with Gasteiger partial charge in [0, 0.05) is 6.42 Å². The normalized spacial score (nSPS) is 29.5. The first-order valence-corrected chi connectivity index (χ1v) is 5.35. The van der Waals surface area contributed by atoms with Crippen LogP contribution in [0, 0.1) is 0 Å². The van der Waals surface area contributed by atoms with Crippen LogP contribution in [0.3, 0.4) is 0 Å². The zero-order valence-corrected chi connectivity index (χ0v) is 8.88. The SMILES string of the molecule is OC1OC(COCc2ccccc2)CC1F. The Morgan fingerprint density at radius 1 is 1.38 bits per heavy atom. The van der Waals surface area contributed by atoms with E-state index >= 15 is 0 Å². The van der Waals surface area contributed by atoms with E-state index < -0.39 is 12.5 Å². The maximum absolute atomic E-state index is 12.9. The first kappa shape index (κ1) is 11.5. The Balaban J connectivity index is 1.69. The second kappa shape index (κ2) is 5.39. The van der Waals surface area contributed by atoms with Crippen molar-refractivity contribution < 1.29 is 19.0 Å². The molecule has 3 nitrogen and oxygen atoms in total. The van der Waals surface area contributed by atoms with Crippen molar-refractivity contribution in [1.82, 2.24) is 0 Å². The van der Waals surface area contributed by atoms with Gasteiger partial charge < -0.3 is 14.6 Å². The number of hydrogen-bond acceptors (Lipinski definition) is 3. The molecule has 3 unspecified atom stereocenters. The molecule has 3 atom stereocenters. The summed E-state index contributed by atoms with van der Waals surface area (Å²) in [5.74, 6) is 0. The van der Waals surface area contributed by atoms with Gasteiger partial charge in [-0.05, 0) is 5.56 Å². The maximum atomic E-state index is 12.9. The Labute approximate surface area is 93.8 Å². The number of hydrogen-bond donors (Lipinski definition) is 1. The minimum Gasteiger partial charge on any atom is -0.374 e. The summed E-state index contributed by atoms with van der Waals surface area (Å²) < 4.78 is 23.3. The number of alkyl halides is 1. The van der Waals surface area contributed by atoms with E-state index in [1.807, 2.05) is 30.3 Å². The summed E-state index contributed by atoms with van der Waals surface area (Å²) >= 11 is 0. The Morgan fingerprint density at radius 2 is 2.12 bits per heavy atom. The van der Waals surface area contributed by atoms with Gasteiger partial charge >= 0.3 is 0 Å². The van der Waals surface area contributed by atoms with E-state index in [-0.39, 0.29) is 12.5 Å². The second-order valence-corrected chi connectivity index (χ2v) is 3.90. The highest BCUT2D eigenvalue weighted by molar-refractivity contribution is 5.13. The van der Waals surface area contributed by atoms with E-state index in [0.717, 1.165) is 5.56 Å². The Bertz CT molecular complexity index is 307. The lowest BCUT2D eigenvalue weighted by Crippen LogP contribution is -2.17. The van der Waals surface area contributed by atoms with E-state index in [2.05, 4.69) is 0 Å². The average molecular weight is 226 g/mol. The minimum atomic E-state index is -1.29. The fraction of sp³-hybridized carbons (Fsp3) is 0.500. The molecule has 2 rings (SSSR count). The molecular formula is C12H15FO3. The summed E-state index contributed by atoms with van der Waals surface area (Å²) in [5, 5.41) is 9.03.